The van der Waals surface area contributed by atoms with Crippen LogP contribution in [0.25, 0.3) is 5.52 Å². The second-order valence-corrected chi connectivity index (χ2v) is 4.92. The van der Waals surface area contributed by atoms with Crippen LogP contribution in [0.3, 0.4) is 0 Å². The van der Waals surface area contributed by atoms with Gasteiger partial charge in [-0.15, -0.1) is 11.3 Å². The molecular formula is C12H9ClN2S. The molecule has 3 heterocycles. The predicted molar refractivity (Wildman–Crippen MR) is 67.3 cm³/mol. The number of pyridine rings is 1. The van der Waals surface area contributed by atoms with Crippen LogP contribution in [0, 0.1) is 0 Å². The van der Waals surface area contributed by atoms with Gasteiger partial charge in [-0.2, -0.15) is 0 Å². The van der Waals surface area contributed by atoms with Gasteiger partial charge in [0.05, 0.1) is 5.52 Å². The number of fused-ring (bicyclic) bond motifs is 1. The first-order chi connectivity index (χ1) is 7.84. The lowest BCUT2D eigenvalue weighted by molar-refractivity contribution is 0.974. The summed E-state index contributed by atoms with van der Waals surface area (Å²) < 4.78 is 2.04. The van der Waals surface area contributed by atoms with Crippen molar-refractivity contribution in [3.05, 3.63) is 57.8 Å². The van der Waals surface area contributed by atoms with Crippen LogP contribution in [0.1, 0.15) is 10.7 Å². The minimum atomic E-state index is 0.576. The molecule has 0 spiro atoms. The normalized spacial score (nSPS) is 11.1. The molecule has 0 radical (unpaired) electrons. The first-order valence-electron chi connectivity index (χ1n) is 4.98. The van der Waals surface area contributed by atoms with Crippen LogP contribution in [-0.2, 0) is 6.42 Å². The Morgan fingerprint density at radius 3 is 3.00 bits per heavy atom. The Hall–Kier alpha value is -1.32. The first-order valence-corrected chi connectivity index (χ1v) is 6.24. The largest absolute Gasteiger partial charge is 0.302 e. The molecule has 0 aliphatic heterocycles. The van der Waals surface area contributed by atoms with Gasteiger partial charge in [0.2, 0.25) is 0 Å². The SMILES string of the molecule is Clc1nc(Cc2cccs2)n2ccccc12. The molecule has 0 saturated heterocycles. The monoisotopic (exact) mass is 248 g/mol. The van der Waals surface area contributed by atoms with Gasteiger partial charge in [0.25, 0.3) is 0 Å². The number of rotatable bonds is 2. The van der Waals surface area contributed by atoms with Gasteiger partial charge in [0.1, 0.15) is 5.82 Å². The highest BCUT2D eigenvalue weighted by Gasteiger charge is 2.09. The summed E-state index contributed by atoms with van der Waals surface area (Å²) >= 11 is 7.83. The topological polar surface area (TPSA) is 17.3 Å². The Bertz CT molecular complexity index is 613. The van der Waals surface area contributed by atoms with Gasteiger partial charge in [0.15, 0.2) is 5.15 Å². The molecule has 0 N–H and O–H groups in total. The summed E-state index contributed by atoms with van der Waals surface area (Å²) in [6.07, 6.45) is 2.83. The summed E-state index contributed by atoms with van der Waals surface area (Å²) in [6.45, 7) is 0. The van der Waals surface area contributed by atoms with Gasteiger partial charge in [-0.05, 0) is 23.6 Å². The lowest BCUT2D eigenvalue weighted by atomic mass is 10.3. The quantitative estimate of drug-likeness (QED) is 0.677. The maximum atomic E-state index is 6.09. The third kappa shape index (κ3) is 1.62. The summed E-state index contributed by atoms with van der Waals surface area (Å²) in [5.74, 6) is 0.989. The summed E-state index contributed by atoms with van der Waals surface area (Å²) in [5.41, 5.74) is 0.968. The number of hydrogen-bond donors (Lipinski definition) is 0. The van der Waals surface area contributed by atoms with Crippen molar-refractivity contribution in [3.8, 4) is 0 Å². The highest BCUT2D eigenvalue weighted by atomic mass is 35.5. The first kappa shape index (κ1) is 9.87. The van der Waals surface area contributed by atoms with E-state index in [4.69, 9.17) is 11.6 Å². The molecule has 3 aromatic heterocycles. The second-order valence-electron chi connectivity index (χ2n) is 3.53. The summed E-state index contributed by atoms with van der Waals surface area (Å²) in [6, 6.07) is 10.1. The highest BCUT2D eigenvalue weighted by molar-refractivity contribution is 7.09. The van der Waals surface area contributed by atoms with E-state index in [2.05, 4.69) is 22.5 Å². The fraction of sp³-hybridized carbons (Fsp3) is 0.0833. The molecule has 0 atom stereocenters. The molecule has 2 nitrogen and oxygen atoms in total. The molecular weight excluding hydrogens is 240 g/mol. The zero-order chi connectivity index (χ0) is 11.0. The van der Waals surface area contributed by atoms with Crippen LogP contribution >= 0.6 is 22.9 Å². The van der Waals surface area contributed by atoms with E-state index in [1.807, 2.05) is 28.8 Å². The van der Waals surface area contributed by atoms with E-state index in [0.717, 1.165) is 17.8 Å². The molecule has 3 aromatic rings. The number of thiophene rings is 1. The molecule has 0 unspecified atom stereocenters. The molecule has 0 aliphatic rings. The highest BCUT2D eigenvalue weighted by Crippen LogP contribution is 2.21. The summed E-state index contributed by atoms with van der Waals surface area (Å²) in [4.78, 5) is 5.70. The molecule has 0 aliphatic carbocycles. The van der Waals surface area contributed by atoms with E-state index in [9.17, 15) is 0 Å². The average molecular weight is 249 g/mol. The van der Waals surface area contributed by atoms with E-state index >= 15 is 0 Å². The van der Waals surface area contributed by atoms with Gasteiger partial charge in [0, 0.05) is 17.5 Å². The van der Waals surface area contributed by atoms with Crippen LogP contribution in [0.2, 0.25) is 5.15 Å². The van der Waals surface area contributed by atoms with Gasteiger partial charge >= 0.3 is 0 Å². The van der Waals surface area contributed by atoms with Crippen LogP contribution in [0.5, 0.6) is 0 Å². The van der Waals surface area contributed by atoms with Crippen LogP contribution < -0.4 is 0 Å². The average Bonchev–Trinajstić information content (AvgIpc) is 2.90. The van der Waals surface area contributed by atoms with Gasteiger partial charge in [-0.3, -0.25) is 0 Å². The Balaban J connectivity index is 2.10. The predicted octanol–water partition coefficient (Wildman–Crippen LogP) is 3.64. The van der Waals surface area contributed by atoms with E-state index < -0.39 is 0 Å². The molecule has 0 aromatic carbocycles. The standard InChI is InChI=1S/C12H9ClN2S/c13-12-10-5-1-2-6-15(10)11(14-12)8-9-4-3-7-16-9/h1-7H,8H2. The molecule has 16 heavy (non-hydrogen) atoms. The molecule has 0 saturated carbocycles. The zero-order valence-corrected chi connectivity index (χ0v) is 10.0. The lowest BCUT2D eigenvalue weighted by Crippen LogP contribution is -1.93. The zero-order valence-electron chi connectivity index (χ0n) is 8.43. The Labute approximate surface area is 102 Å². The fourth-order valence-corrected chi connectivity index (χ4v) is 2.71. The van der Waals surface area contributed by atoms with Gasteiger partial charge in [-0.1, -0.05) is 23.7 Å². The van der Waals surface area contributed by atoms with Crippen molar-refractivity contribution in [3.63, 3.8) is 0 Å². The third-order valence-electron chi connectivity index (χ3n) is 2.49. The van der Waals surface area contributed by atoms with Crippen molar-refractivity contribution in [1.29, 1.82) is 0 Å². The van der Waals surface area contributed by atoms with E-state index in [1.165, 1.54) is 4.88 Å². The molecule has 0 amide bonds. The molecule has 0 fully saturated rings. The molecule has 0 bridgehead atoms. The minimum Gasteiger partial charge on any atom is -0.302 e. The molecule has 4 heteroatoms. The van der Waals surface area contributed by atoms with E-state index in [1.54, 1.807) is 11.3 Å². The Kier molecular flexibility index (Phi) is 2.42. The fourth-order valence-electron chi connectivity index (χ4n) is 1.75. The number of halogens is 1. The Morgan fingerprint density at radius 2 is 2.19 bits per heavy atom. The van der Waals surface area contributed by atoms with Gasteiger partial charge < -0.3 is 4.40 Å². The van der Waals surface area contributed by atoms with E-state index in [-0.39, 0.29) is 0 Å². The van der Waals surface area contributed by atoms with E-state index in [0.29, 0.717) is 5.15 Å². The Morgan fingerprint density at radius 1 is 1.25 bits per heavy atom. The smallest absolute Gasteiger partial charge is 0.155 e. The number of nitrogens with zero attached hydrogens (tertiary/aromatic N) is 2. The van der Waals surface area contributed by atoms with Crippen molar-refractivity contribution in [2.75, 3.05) is 0 Å². The number of aromatic nitrogens is 2. The van der Waals surface area contributed by atoms with Crippen molar-refractivity contribution in [2.24, 2.45) is 0 Å². The number of hydrogen-bond acceptors (Lipinski definition) is 2. The van der Waals surface area contributed by atoms with Crippen LogP contribution in [0.15, 0.2) is 41.9 Å². The van der Waals surface area contributed by atoms with Crippen LogP contribution in [0.4, 0.5) is 0 Å². The minimum absolute atomic E-state index is 0.576. The van der Waals surface area contributed by atoms with Crippen LogP contribution in [-0.4, -0.2) is 9.38 Å². The summed E-state index contributed by atoms with van der Waals surface area (Å²) in [5, 5.41) is 2.65. The number of imidazole rings is 1. The van der Waals surface area contributed by atoms with Gasteiger partial charge in [-0.25, -0.2) is 4.98 Å². The molecule has 80 valence electrons. The maximum absolute atomic E-state index is 6.09. The van der Waals surface area contributed by atoms with Crippen molar-refractivity contribution < 1.29 is 0 Å². The summed E-state index contributed by atoms with van der Waals surface area (Å²) in [7, 11) is 0. The third-order valence-corrected chi connectivity index (χ3v) is 3.64. The lowest BCUT2D eigenvalue weighted by Gasteiger charge is -1.98. The maximum Gasteiger partial charge on any atom is 0.155 e. The van der Waals surface area contributed by atoms with Crippen molar-refractivity contribution >= 4 is 28.5 Å². The van der Waals surface area contributed by atoms with Crippen molar-refractivity contribution in [1.82, 2.24) is 9.38 Å². The second kappa shape index (κ2) is 3.92. The molecule has 3 rings (SSSR count). The van der Waals surface area contributed by atoms with Crippen molar-refractivity contribution in [2.45, 2.75) is 6.42 Å².